The first-order chi connectivity index (χ1) is 13.6. The normalized spacial score (nSPS) is 10.9. The lowest BCUT2D eigenvalue weighted by molar-refractivity contribution is 0.101. The topological polar surface area (TPSA) is 59.8 Å². The maximum absolute atomic E-state index is 13.0. The Morgan fingerprint density at radius 2 is 1.75 bits per heavy atom. The number of amides is 1. The van der Waals surface area contributed by atoms with Crippen molar-refractivity contribution >= 4 is 44.4 Å². The first-order valence-electron chi connectivity index (χ1n) is 8.71. The van der Waals surface area contributed by atoms with E-state index in [1.54, 1.807) is 4.68 Å². The summed E-state index contributed by atoms with van der Waals surface area (Å²) in [5.41, 5.74) is 4.73. The second-order valence-electron chi connectivity index (χ2n) is 6.22. The van der Waals surface area contributed by atoms with Crippen molar-refractivity contribution in [2.75, 3.05) is 5.43 Å². The number of hydrogen-bond donors (Lipinski definition) is 1. The van der Waals surface area contributed by atoms with Gasteiger partial charge in [0.25, 0.3) is 5.91 Å². The van der Waals surface area contributed by atoms with Gasteiger partial charge in [-0.2, -0.15) is 0 Å². The lowest BCUT2D eigenvalue weighted by Crippen LogP contribution is -2.25. The van der Waals surface area contributed by atoms with Crippen molar-refractivity contribution in [2.45, 2.75) is 17.8 Å². The van der Waals surface area contributed by atoms with Gasteiger partial charge in [0, 0.05) is 15.8 Å². The van der Waals surface area contributed by atoms with Crippen LogP contribution in [0, 0.1) is 6.92 Å². The molecule has 0 fully saturated rings. The minimum atomic E-state index is -0.201. The van der Waals surface area contributed by atoms with E-state index in [1.165, 1.54) is 17.3 Å². The van der Waals surface area contributed by atoms with Gasteiger partial charge in [0.15, 0.2) is 0 Å². The first-order valence-corrected chi connectivity index (χ1v) is 10.5. The van der Waals surface area contributed by atoms with E-state index in [2.05, 4.69) is 43.7 Å². The Morgan fingerprint density at radius 1 is 1.00 bits per heavy atom. The second-order valence-corrected chi connectivity index (χ2v) is 8.02. The fourth-order valence-electron chi connectivity index (χ4n) is 2.92. The molecule has 4 rings (SSSR count). The molecular weight excluding hydrogens is 436 g/mol. The summed E-state index contributed by atoms with van der Waals surface area (Å²) in [6.45, 7) is 1.82. The van der Waals surface area contributed by atoms with E-state index in [-0.39, 0.29) is 5.91 Å². The van der Waals surface area contributed by atoms with Crippen LogP contribution in [0.3, 0.4) is 0 Å². The van der Waals surface area contributed by atoms with Gasteiger partial charge in [-0.25, -0.2) is 4.68 Å². The molecule has 0 radical (unpaired) electrons. The molecule has 1 aromatic heterocycles. The van der Waals surface area contributed by atoms with Crippen molar-refractivity contribution in [1.29, 1.82) is 0 Å². The van der Waals surface area contributed by atoms with Gasteiger partial charge in [0.05, 0.1) is 0 Å². The van der Waals surface area contributed by atoms with Crippen LogP contribution in [0.25, 0.3) is 10.8 Å². The highest BCUT2D eigenvalue weighted by Crippen LogP contribution is 2.27. The minimum Gasteiger partial charge on any atom is -0.267 e. The minimum absolute atomic E-state index is 0.201. The Hall–Kier alpha value is -2.64. The number of aromatic nitrogens is 3. The summed E-state index contributed by atoms with van der Waals surface area (Å²) >= 11 is 5.08. The summed E-state index contributed by atoms with van der Waals surface area (Å²) in [6.07, 6.45) is 0. The third kappa shape index (κ3) is 3.81. The molecule has 7 heteroatoms. The molecule has 0 aliphatic carbocycles. The number of halogens is 1. The fourth-order valence-corrected chi connectivity index (χ4v) is 4.31. The predicted octanol–water partition coefficient (Wildman–Crippen LogP) is 5.18. The van der Waals surface area contributed by atoms with E-state index in [9.17, 15) is 4.79 Å². The highest BCUT2D eigenvalue weighted by molar-refractivity contribution is 9.10. The molecule has 3 aromatic carbocycles. The van der Waals surface area contributed by atoms with Gasteiger partial charge in [-0.15, -0.1) is 10.2 Å². The van der Waals surface area contributed by atoms with Gasteiger partial charge in [-0.3, -0.25) is 10.2 Å². The molecule has 28 heavy (non-hydrogen) atoms. The summed E-state index contributed by atoms with van der Waals surface area (Å²) in [4.78, 5) is 13.0. The summed E-state index contributed by atoms with van der Waals surface area (Å²) < 4.78 is 2.60. The number of carbonyl (C=O) groups excluding carboxylic acids is 1. The number of fused-ring (bicyclic) bond motifs is 1. The molecule has 0 saturated heterocycles. The molecular formula is C21H17BrN4OS. The zero-order valence-corrected chi connectivity index (χ0v) is 17.5. The zero-order chi connectivity index (χ0) is 19.5. The van der Waals surface area contributed by atoms with Gasteiger partial charge in [0.2, 0.25) is 5.16 Å². The zero-order valence-electron chi connectivity index (χ0n) is 15.1. The maximum atomic E-state index is 13.0. The molecule has 140 valence electrons. The number of hydrogen-bond acceptors (Lipinski definition) is 4. The van der Waals surface area contributed by atoms with Gasteiger partial charge < -0.3 is 0 Å². The fraction of sp³-hybridized carbons (Fsp3) is 0.0952. The molecule has 1 heterocycles. The highest BCUT2D eigenvalue weighted by Gasteiger charge is 2.16. The van der Waals surface area contributed by atoms with Crippen LogP contribution in [0.2, 0.25) is 0 Å². The van der Waals surface area contributed by atoms with Gasteiger partial charge in [-0.1, -0.05) is 82.3 Å². The summed E-state index contributed by atoms with van der Waals surface area (Å²) in [7, 11) is 0. The lowest BCUT2D eigenvalue weighted by Gasteiger charge is -2.12. The number of nitrogens with zero attached hydrogens (tertiary/aromatic N) is 3. The number of rotatable bonds is 5. The molecule has 0 aliphatic rings. The maximum Gasteiger partial charge on any atom is 0.270 e. The van der Waals surface area contributed by atoms with E-state index in [1.807, 2.05) is 61.5 Å². The van der Waals surface area contributed by atoms with Crippen LogP contribution >= 0.6 is 27.7 Å². The number of benzene rings is 3. The lowest BCUT2D eigenvalue weighted by atomic mass is 10.0. The van der Waals surface area contributed by atoms with E-state index < -0.39 is 0 Å². The van der Waals surface area contributed by atoms with Crippen molar-refractivity contribution in [3.63, 3.8) is 0 Å². The van der Waals surface area contributed by atoms with E-state index in [4.69, 9.17) is 0 Å². The van der Waals surface area contributed by atoms with Crippen molar-refractivity contribution in [2.24, 2.45) is 0 Å². The Morgan fingerprint density at radius 3 is 2.57 bits per heavy atom. The average Bonchev–Trinajstić information content (AvgIpc) is 3.06. The molecule has 0 spiro atoms. The molecule has 0 aliphatic heterocycles. The number of thioether (sulfide) groups is 1. The molecule has 0 bridgehead atoms. The van der Waals surface area contributed by atoms with E-state index >= 15 is 0 Å². The van der Waals surface area contributed by atoms with Crippen LogP contribution < -0.4 is 5.43 Å². The summed E-state index contributed by atoms with van der Waals surface area (Å²) in [5, 5.41) is 10.9. The SMILES string of the molecule is Cc1nnc(SCc2ccccc2)n1NC(=O)c1cccc2c(Br)cccc12. The van der Waals surface area contributed by atoms with Crippen LogP contribution in [-0.4, -0.2) is 20.8 Å². The monoisotopic (exact) mass is 452 g/mol. The predicted molar refractivity (Wildman–Crippen MR) is 116 cm³/mol. The molecule has 5 nitrogen and oxygen atoms in total. The van der Waals surface area contributed by atoms with Crippen LogP contribution in [0.15, 0.2) is 76.4 Å². The Bertz CT molecular complexity index is 1140. The summed E-state index contributed by atoms with van der Waals surface area (Å²) in [5.74, 6) is 1.18. The number of aryl methyl sites for hydroxylation is 1. The van der Waals surface area contributed by atoms with Crippen LogP contribution in [0.5, 0.6) is 0 Å². The van der Waals surface area contributed by atoms with Gasteiger partial charge >= 0.3 is 0 Å². The van der Waals surface area contributed by atoms with Crippen molar-refractivity contribution in [3.8, 4) is 0 Å². The Kier molecular flexibility index (Phi) is 5.45. The largest absolute Gasteiger partial charge is 0.270 e. The van der Waals surface area contributed by atoms with Crippen LogP contribution in [0.4, 0.5) is 0 Å². The molecule has 0 unspecified atom stereocenters. The van der Waals surface area contributed by atoms with Gasteiger partial charge in [0.1, 0.15) is 5.82 Å². The first kappa shape index (κ1) is 18.7. The Balaban J connectivity index is 1.59. The average molecular weight is 453 g/mol. The third-order valence-electron chi connectivity index (χ3n) is 4.33. The standard InChI is InChI=1S/C21H17BrN4OS/c1-14-23-24-21(28-13-15-7-3-2-4-8-15)26(14)25-20(27)18-11-5-10-17-16(18)9-6-12-19(17)22/h2-12H,13H2,1H3,(H,25,27). The van der Waals surface area contributed by atoms with Crippen molar-refractivity contribution in [1.82, 2.24) is 14.9 Å². The summed E-state index contributed by atoms with van der Waals surface area (Å²) in [6, 6.07) is 21.6. The second kappa shape index (κ2) is 8.16. The van der Waals surface area contributed by atoms with E-state index in [0.29, 0.717) is 16.5 Å². The van der Waals surface area contributed by atoms with Crippen LogP contribution in [0.1, 0.15) is 21.7 Å². The molecule has 4 aromatic rings. The third-order valence-corrected chi connectivity index (χ3v) is 6.02. The molecule has 1 N–H and O–H groups in total. The van der Waals surface area contributed by atoms with Gasteiger partial charge in [-0.05, 0) is 35.4 Å². The molecule has 1 amide bonds. The molecule has 0 atom stereocenters. The smallest absolute Gasteiger partial charge is 0.267 e. The van der Waals surface area contributed by atoms with Crippen molar-refractivity contribution < 1.29 is 4.79 Å². The Labute approximate surface area is 175 Å². The van der Waals surface area contributed by atoms with Crippen LogP contribution in [-0.2, 0) is 5.75 Å². The molecule has 0 saturated carbocycles. The van der Waals surface area contributed by atoms with Crippen molar-refractivity contribution in [3.05, 3.63) is 88.2 Å². The van der Waals surface area contributed by atoms with E-state index in [0.717, 1.165) is 21.0 Å². The number of nitrogens with one attached hydrogen (secondary N) is 1. The number of carbonyl (C=O) groups is 1. The highest BCUT2D eigenvalue weighted by atomic mass is 79.9. The quantitative estimate of drug-likeness (QED) is 0.423.